The summed E-state index contributed by atoms with van der Waals surface area (Å²) in [6, 6.07) is 8.11. The molecule has 0 aliphatic heterocycles. The average Bonchev–Trinajstić information content (AvgIpc) is 2.68. The summed E-state index contributed by atoms with van der Waals surface area (Å²) in [5.41, 5.74) is 7.62. The third-order valence-corrected chi connectivity index (χ3v) is 2.45. The molecule has 1 heterocycles. The van der Waals surface area contributed by atoms with Crippen LogP contribution in [-0.4, -0.2) is 19.6 Å². The van der Waals surface area contributed by atoms with Crippen molar-refractivity contribution in [2.45, 2.75) is 6.42 Å². The monoisotopic (exact) mass is 204 g/mol. The Morgan fingerprint density at radius 3 is 2.93 bits per heavy atom. The van der Waals surface area contributed by atoms with Gasteiger partial charge in [-0.15, -0.1) is 0 Å². The fourth-order valence-electron chi connectivity index (χ4n) is 1.68. The highest BCUT2D eigenvalue weighted by Crippen LogP contribution is 2.20. The lowest BCUT2D eigenvalue weighted by molar-refractivity contribution is 0.606. The number of fused-ring (bicyclic) bond motifs is 1. The number of benzene rings is 1. The normalized spacial score (nSPS) is 11.0. The summed E-state index contributed by atoms with van der Waals surface area (Å²) in [7, 11) is 0. The first-order valence-electron chi connectivity index (χ1n) is 5.27. The van der Waals surface area contributed by atoms with Crippen molar-refractivity contribution < 1.29 is 4.42 Å². The first kappa shape index (κ1) is 10.2. The Morgan fingerprint density at radius 2 is 2.07 bits per heavy atom. The molecule has 80 valence electrons. The van der Waals surface area contributed by atoms with Gasteiger partial charge in [-0.3, -0.25) is 0 Å². The molecule has 0 aliphatic carbocycles. The van der Waals surface area contributed by atoms with Gasteiger partial charge in [0.25, 0.3) is 0 Å². The molecule has 0 bridgehead atoms. The van der Waals surface area contributed by atoms with E-state index in [0.29, 0.717) is 6.54 Å². The third-order valence-electron chi connectivity index (χ3n) is 2.45. The van der Waals surface area contributed by atoms with Gasteiger partial charge >= 0.3 is 0 Å². The van der Waals surface area contributed by atoms with Crippen LogP contribution in [0.4, 0.5) is 0 Å². The molecular formula is C12H16N2O. The Bertz CT molecular complexity index is 422. The van der Waals surface area contributed by atoms with Crippen LogP contribution in [0.1, 0.15) is 5.56 Å². The largest absolute Gasteiger partial charge is 0.464 e. The van der Waals surface area contributed by atoms with E-state index in [2.05, 4.69) is 11.4 Å². The molecule has 3 heteroatoms. The fraction of sp³-hybridized carbons (Fsp3) is 0.333. The number of furan rings is 1. The van der Waals surface area contributed by atoms with E-state index in [1.807, 2.05) is 24.5 Å². The molecule has 0 unspecified atom stereocenters. The maximum Gasteiger partial charge on any atom is 0.134 e. The first-order chi connectivity index (χ1) is 7.42. The van der Waals surface area contributed by atoms with Gasteiger partial charge in [0.05, 0.1) is 6.26 Å². The number of hydrogen-bond acceptors (Lipinski definition) is 3. The lowest BCUT2D eigenvalue weighted by Gasteiger charge is -2.00. The van der Waals surface area contributed by atoms with Gasteiger partial charge in [0.1, 0.15) is 5.58 Å². The second kappa shape index (κ2) is 4.96. The van der Waals surface area contributed by atoms with Crippen LogP contribution in [0.3, 0.4) is 0 Å². The first-order valence-corrected chi connectivity index (χ1v) is 5.27. The van der Waals surface area contributed by atoms with Crippen molar-refractivity contribution >= 4 is 11.0 Å². The van der Waals surface area contributed by atoms with Crippen molar-refractivity contribution in [3.8, 4) is 0 Å². The molecule has 0 amide bonds. The number of nitrogens with one attached hydrogen (secondary N) is 1. The lowest BCUT2D eigenvalue weighted by Crippen LogP contribution is -2.24. The molecule has 0 atom stereocenters. The van der Waals surface area contributed by atoms with Crippen LogP contribution in [0.15, 0.2) is 34.9 Å². The number of hydrogen-bond donors (Lipinski definition) is 2. The Balaban J connectivity index is 2.02. The highest BCUT2D eigenvalue weighted by molar-refractivity contribution is 5.80. The van der Waals surface area contributed by atoms with Gasteiger partial charge in [-0.2, -0.15) is 0 Å². The fourth-order valence-corrected chi connectivity index (χ4v) is 1.68. The second-order valence-corrected chi connectivity index (χ2v) is 3.55. The third kappa shape index (κ3) is 2.37. The minimum atomic E-state index is 0.687. The number of para-hydroxylation sites is 1. The van der Waals surface area contributed by atoms with E-state index in [1.165, 1.54) is 10.9 Å². The molecule has 2 aromatic rings. The minimum Gasteiger partial charge on any atom is -0.464 e. The molecule has 0 radical (unpaired) electrons. The zero-order valence-electron chi connectivity index (χ0n) is 8.70. The zero-order chi connectivity index (χ0) is 10.5. The van der Waals surface area contributed by atoms with E-state index in [4.69, 9.17) is 10.2 Å². The molecule has 0 fully saturated rings. The van der Waals surface area contributed by atoms with Gasteiger partial charge in [-0.05, 0) is 24.6 Å². The lowest BCUT2D eigenvalue weighted by atomic mass is 10.1. The van der Waals surface area contributed by atoms with Crippen molar-refractivity contribution in [2.75, 3.05) is 19.6 Å². The van der Waals surface area contributed by atoms with Gasteiger partial charge in [-0.25, -0.2) is 0 Å². The molecule has 3 N–H and O–H groups in total. The Morgan fingerprint density at radius 1 is 1.20 bits per heavy atom. The minimum absolute atomic E-state index is 0.687. The highest BCUT2D eigenvalue weighted by Gasteiger charge is 2.03. The molecule has 1 aromatic carbocycles. The van der Waals surface area contributed by atoms with Crippen molar-refractivity contribution in [3.63, 3.8) is 0 Å². The van der Waals surface area contributed by atoms with E-state index in [1.54, 1.807) is 0 Å². The summed E-state index contributed by atoms with van der Waals surface area (Å²) in [6.45, 7) is 2.50. The maximum absolute atomic E-state index is 5.45. The van der Waals surface area contributed by atoms with Gasteiger partial charge in [-0.1, -0.05) is 18.2 Å². The second-order valence-electron chi connectivity index (χ2n) is 3.55. The molecule has 2 rings (SSSR count). The van der Waals surface area contributed by atoms with Gasteiger partial charge < -0.3 is 15.5 Å². The average molecular weight is 204 g/mol. The van der Waals surface area contributed by atoms with Crippen LogP contribution in [0.25, 0.3) is 11.0 Å². The van der Waals surface area contributed by atoms with E-state index < -0.39 is 0 Å². The van der Waals surface area contributed by atoms with Crippen molar-refractivity contribution in [1.29, 1.82) is 0 Å². The van der Waals surface area contributed by atoms with Crippen molar-refractivity contribution in [2.24, 2.45) is 5.73 Å². The van der Waals surface area contributed by atoms with Crippen LogP contribution in [-0.2, 0) is 6.42 Å². The van der Waals surface area contributed by atoms with Crippen molar-refractivity contribution in [1.82, 2.24) is 5.32 Å². The molecule has 0 aliphatic rings. The molecule has 15 heavy (non-hydrogen) atoms. The number of nitrogens with two attached hydrogens (primary N) is 1. The van der Waals surface area contributed by atoms with Crippen LogP contribution >= 0.6 is 0 Å². The summed E-state index contributed by atoms with van der Waals surface area (Å²) in [5, 5.41) is 4.49. The van der Waals surface area contributed by atoms with E-state index >= 15 is 0 Å². The summed E-state index contributed by atoms with van der Waals surface area (Å²) in [6.07, 6.45) is 2.83. The van der Waals surface area contributed by atoms with E-state index in [0.717, 1.165) is 25.1 Å². The molecule has 0 saturated carbocycles. The predicted octanol–water partition coefficient (Wildman–Crippen LogP) is 1.52. The zero-order valence-corrected chi connectivity index (χ0v) is 8.70. The van der Waals surface area contributed by atoms with Crippen LogP contribution in [0.5, 0.6) is 0 Å². The Hall–Kier alpha value is -1.32. The van der Waals surface area contributed by atoms with E-state index in [9.17, 15) is 0 Å². The summed E-state index contributed by atoms with van der Waals surface area (Å²) >= 11 is 0. The van der Waals surface area contributed by atoms with Gasteiger partial charge in [0, 0.05) is 18.5 Å². The van der Waals surface area contributed by atoms with Crippen LogP contribution < -0.4 is 11.1 Å². The smallest absolute Gasteiger partial charge is 0.134 e. The van der Waals surface area contributed by atoms with Crippen molar-refractivity contribution in [3.05, 3.63) is 36.1 Å². The SMILES string of the molecule is NCCNCCc1coc2ccccc12. The topological polar surface area (TPSA) is 51.2 Å². The highest BCUT2D eigenvalue weighted by atomic mass is 16.3. The molecule has 0 spiro atoms. The van der Waals surface area contributed by atoms with Crippen LogP contribution in [0, 0.1) is 0 Å². The summed E-state index contributed by atoms with van der Waals surface area (Å²) in [4.78, 5) is 0. The Kier molecular flexibility index (Phi) is 3.37. The molecule has 3 nitrogen and oxygen atoms in total. The van der Waals surface area contributed by atoms with Gasteiger partial charge in [0.15, 0.2) is 0 Å². The standard InChI is InChI=1S/C12H16N2O/c13-6-8-14-7-5-10-9-15-12-4-2-1-3-11(10)12/h1-4,9,14H,5-8,13H2. The van der Waals surface area contributed by atoms with Gasteiger partial charge in [0.2, 0.25) is 0 Å². The maximum atomic E-state index is 5.45. The molecule has 0 saturated heterocycles. The quantitative estimate of drug-likeness (QED) is 0.726. The Labute approximate surface area is 89.3 Å². The number of rotatable bonds is 5. The molecular weight excluding hydrogens is 188 g/mol. The summed E-state index contributed by atoms with van der Waals surface area (Å²) in [5.74, 6) is 0. The summed E-state index contributed by atoms with van der Waals surface area (Å²) < 4.78 is 5.45. The van der Waals surface area contributed by atoms with E-state index in [-0.39, 0.29) is 0 Å². The van der Waals surface area contributed by atoms with Crippen LogP contribution in [0.2, 0.25) is 0 Å². The molecule has 1 aromatic heterocycles. The predicted molar refractivity (Wildman–Crippen MR) is 61.8 cm³/mol.